The van der Waals surface area contributed by atoms with Crippen molar-refractivity contribution in [2.45, 2.75) is 0 Å². The predicted molar refractivity (Wildman–Crippen MR) is 56.0 cm³/mol. The topological polar surface area (TPSA) is 22.0 Å². The molecule has 0 unspecified atom stereocenters. The maximum absolute atomic E-state index is 10.7. The van der Waals surface area contributed by atoms with Crippen LogP contribution in [-0.4, -0.2) is 10.9 Å². The summed E-state index contributed by atoms with van der Waals surface area (Å²) in [5.74, 6) is 0. The van der Waals surface area contributed by atoms with E-state index in [9.17, 15) is 4.79 Å². The van der Waals surface area contributed by atoms with E-state index in [1.165, 1.54) is 0 Å². The Kier molecular flexibility index (Phi) is 1.96. The highest BCUT2D eigenvalue weighted by molar-refractivity contribution is 9.10. The van der Waals surface area contributed by atoms with Gasteiger partial charge in [-0.2, -0.15) is 0 Å². The molecule has 0 aliphatic carbocycles. The summed E-state index contributed by atoms with van der Waals surface area (Å²) in [5.41, 5.74) is 1.76. The molecule has 0 aliphatic heterocycles. The average molecular weight is 238 g/mol. The fraction of sp³-hybridized carbons (Fsp3) is 0.100. The molecule has 3 heteroatoms. The first kappa shape index (κ1) is 8.51. The van der Waals surface area contributed by atoms with Crippen LogP contribution in [0.1, 0.15) is 10.5 Å². The molecule has 0 radical (unpaired) electrons. The third kappa shape index (κ3) is 1.20. The van der Waals surface area contributed by atoms with Crippen LogP contribution in [0.2, 0.25) is 0 Å². The van der Waals surface area contributed by atoms with Crippen molar-refractivity contribution in [1.82, 2.24) is 4.57 Å². The Morgan fingerprint density at radius 1 is 1.46 bits per heavy atom. The Morgan fingerprint density at radius 3 is 2.85 bits per heavy atom. The quantitative estimate of drug-likeness (QED) is 0.700. The molecule has 0 saturated carbocycles. The number of hydrogen-bond donors (Lipinski definition) is 0. The molecule has 0 N–H and O–H groups in total. The van der Waals surface area contributed by atoms with Gasteiger partial charge in [0.15, 0.2) is 6.29 Å². The third-order valence-corrected chi connectivity index (χ3v) is 2.88. The number of aromatic nitrogens is 1. The monoisotopic (exact) mass is 237 g/mol. The van der Waals surface area contributed by atoms with E-state index in [1.807, 2.05) is 35.9 Å². The molecule has 2 nitrogen and oxygen atoms in total. The summed E-state index contributed by atoms with van der Waals surface area (Å²) >= 11 is 3.44. The molecule has 1 heterocycles. The lowest BCUT2D eigenvalue weighted by atomic mass is 10.2. The van der Waals surface area contributed by atoms with Crippen LogP contribution in [0.25, 0.3) is 10.9 Å². The molecule has 0 atom stereocenters. The smallest absolute Gasteiger partial charge is 0.166 e. The van der Waals surface area contributed by atoms with E-state index in [4.69, 9.17) is 0 Å². The van der Waals surface area contributed by atoms with Gasteiger partial charge in [0.05, 0.1) is 5.69 Å². The highest BCUT2D eigenvalue weighted by atomic mass is 79.9. The lowest BCUT2D eigenvalue weighted by Crippen LogP contribution is -1.92. The van der Waals surface area contributed by atoms with Crippen molar-refractivity contribution < 1.29 is 4.79 Å². The van der Waals surface area contributed by atoms with Crippen LogP contribution in [0.5, 0.6) is 0 Å². The summed E-state index contributed by atoms with van der Waals surface area (Å²) < 4.78 is 2.90. The highest BCUT2D eigenvalue weighted by Crippen LogP contribution is 2.25. The Balaban J connectivity index is 2.91. The van der Waals surface area contributed by atoms with Crippen LogP contribution in [0.3, 0.4) is 0 Å². The van der Waals surface area contributed by atoms with E-state index in [2.05, 4.69) is 15.9 Å². The molecule has 0 amide bonds. The minimum atomic E-state index is 0.696. The molecule has 0 aliphatic rings. The molecule has 66 valence electrons. The highest BCUT2D eigenvalue weighted by Gasteiger charge is 2.05. The number of carbonyl (C=O) groups is 1. The number of aldehydes is 1. The normalized spacial score (nSPS) is 10.6. The van der Waals surface area contributed by atoms with Gasteiger partial charge in [-0.05, 0) is 18.2 Å². The summed E-state index contributed by atoms with van der Waals surface area (Å²) in [7, 11) is 1.89. The van der Waals surface area contributed by atoms with Gasteiger partial charge in [-0.3, -0.25) is 4.79 Å². The molecular formula is C10H8BrNO. The van der Waals surface area contributed by atoms with Crippen molar-refractivity contribution in [3.05, 3.63) is 34.4 Å². The van der Waals surface area contributed by atoms with E-state index >= 15 is 0 Å². The van der Waals surface area contributed by atoms with Crippen molar-refractivity contribution in [1.29, 1.82) is 0 Å². The molecule has 1 aromatic carbocycles. The standard InChI is InChI=1S/C10H8BrNO/c1-12-7(6-13)5-8-9(11)3-2-4-10(8)12/h2-6H,1H3. The largest absolute Gasteiger partial charge is 0.341 e. The maximum atomic E-state index is 10.7. The van der Waals surface area contributed by atoms with Gasteiger partial charge in [-0.25, -0.2) is 0 Å². The number of fused-ring (bicyclic) bond motifs is 1. The molecule has 2 rings (SSSR count). The second kappa shape index (κ2) is 3.00. The summed E-state index contributed by atoms with van der Waals surface area (Å²) in [6.07, 6.45) is 0.867. The fourth-order valence-electron chi connectivity index (χ4n) is 1.46. The third-order valence-electron chi connectivity index (χ3n) is 2.19. The molecular weight excluding hydrogens is 230 g/mol. The lowest BCUT2D eigenvalue weighted by Gasteiger charge is -1.97. The van der Waals surface area contributed by atoms with E-state index in [0.29, 0.717) is 5.69 Å². The van der Waals surface area contributed by atoms with Gasteiger partial charge in [-0.1, -0.05) is 22.0 Å². The zero-order chi connectivity index (χ0) is 9.42. The Bertz CT molecular complexity index is 473. The van der Waals surface area contributed by atoms with Crippen LogP contribution in [0.4, 0.5) is 0 Å². The van der Waals surface area contributed by atoms with Crippen molar-refractivity contribution in [2.75, 3.05) is 0 Å². The van der Waals surface area contributed by atoms with Crippen molar-refractivity contribution in [3.63, 3.8) is 0 Å². The zero-order valence-electron chi connectivity index (χ0n) is 7.12. The lowest BCUT2D eigenvalue weighted by molar-refractivity contribution is 0.111. The van der Waals surface area contributed by atoms with Gasteiger partial charge in [0.25, 0.3) is 0 Å². The number of aryl methyl sites for hydroxylation is 1. The van der Waals surface area contributed by atoms with E-state index < -0.39 is 0 Å². The van der Waals surface area contributed by atoms with Gasteiger partial charge in [-0.15, -0.1) is 0 Å². The van der Waals surface area contributed by atoms with Crippen LogP contribution < -0.4 is 0 Å². The molecule has 0 saturated heterocycles. The van der Waals surface area contributed by atoms with E-state index in [-0.39, 0.29) is 0 Å². The maximum Gasteiger partial charge on any atom is 0.166 e. The first-order valence-electron chi connectivity index (χ1n) is 3.93. The molecule has 13 heavy (non-hydrogen) atoms. The second-order valence-electron chi connectivity index (χ2n) is 2.92. The van der Waals surface area contributed by atoms with Crippen molar-refractivity contribution >= 4 is 33.1 Å². The summed E-state index contributed by atoms with van der Waals surface area (Å²) in [4.78, 5) is 10.7. The van der Waals surface area contributed by atoms with Gasteiger partial charge in [0.1, 0.15) is 0 Å². The van der Waals surface area contributed by atoms with Gasteiger partial charge in [0, 0.05) is 22.4 Å². The minimum absolute atomic E-state index is 0.696. The SMILES string of the molecule is Cn1c(C=O)cc2c(Br)cccc21. The molecule has 0 spiro atoms. The van der Waals surface area contributed by atoms with Gasteiger partial charge < -0.3 is 4.57 Å². The second-order valence-corrected chi connectivity index (χ2v) is 3.77. The number of halogens is 1. The number of carbonyl (C=O) groups excluding carboxylic acids is 1. The van der Waals surface area contributed by atoms with Gasteiger partial charge in [0.2, 0.25) is 0 Å². The van der Waals surface area contributed by atoms with Gasteiger partial charge >= 0.3 is 0 Å². The van der Waals surface area contributed by atoms with Crippen LogP contribution in [-0.2, 0) is 7.05 Å². The summed E-state index contributed by atoms with van der Waals surface area (Å²) in [6, 6.07) is 7.80. The Hall–Kier alpha value is -1.09. The number of nitrogens with zero attached hydrogens (tertiary/aromatic N) is 1. The molecule has 1 aromatic heterocycles. The Morgan fingerprint density at radius 2 is 2.23 bits per heavy atom. The average Bonchev–Trinajstić information content (AvgIpc) is 2.45. The van der Waals surface area contributed by atoms with E-state index in [0.717, 1.165) is 21.7 Å². The van der Waals surface area contributed by atoms with Crippen LogP contribution >= 0.6 is 15.9 Å². The Labute approximate surface area is 84.3 Å². The summed E-state index contributed by atoms with van der Waals surface area (Å²) in [6.45, 7) is 0. The number of hydrogen-bond acceptors (Lipinski definition) is 1. The van der Waals surface area contributed by atoms with E-state index in [1.54, 1.807) is 0 Å². The summed E-state index contributed by atoms with van der Waals surface area (Å²) in [5, 5.41) is 1.08. The number of rotatable bonds is 1. The predicted octanol–water partition coefficient (Wildman–Crippen LogP) is 2.75. The fourth-order valence-corrected chi connectivity index (χ4v) is 1.93. The van der Waals surface area contributed by atoms with Crippen LogP contribution in [0.15, 0.2) is 28.7 Å². The van der Waals surface area contributed by atoms with Crippen molar-refractivity contribution in [2.24, 2.45) is 7.05 Å². The molecule has 2 aromatic rings. The molecule has 0 bridgehead atoms. The minimum Gasteiger partial charge on any atom is -0.341 e. The zero-order valence-corrected chi connectivity index (χ0v) is 8.71. The van der Waals surface area contributed by atoms with Crippen LogP contribution in [0, 0.1) is 0 Å². The van der Waals surface area contributed by atoms with Crippen molar-refractivity contribution in [3.8, 4) is 0 Å². The first-order valence-corrected chi connectivity index (χ1v) is 4.72. The molecule has 0 fully saturated rings. The number of benzene rings is 1. The first-order chi connectivity index (χ1) is 6.24.